The molecule has 0 N–H and O–H groups in total. The minimum atomic E-state index is -2.06. The van der Waals surface area contributed by atoms with Crippen molar-refractivity contribution in [1.82, 2.24) is 0 Å². The number of rotatable bonds is 2. The number of benzene rings is 3. The molecule has 0 fully saturated rings. The SMILES string of the molecule is Cc1ccc([Te]2c3ccccc3Oc3cccc(SC#N)c32)cc1. The number of aryl methyl sites for hydroxylation is 1. The summed E-state index contributed by atoms with van der Waals surface area (Å²) in [4.78, 5) is 1.03. The van der Waals surface area contributed by atoms with Crippen molar-refractivity contribution in [1.29, 1.82) is 5.26 Å². The van der Waals surface area contributed by atoms with Crippen LogP contribution in [0.4, 0.5) is 0 Å². The molecular formula is C20H14NOSTe. The second-order valence-electron chi connectivity index (χ2n) is 5.44. The van der Waals surface area contributed by atoms with Gasteiger partial charge in [-0.25, -0.2) is 0 Å². The summed E-state index contributed by atoms with van der Waals surface area (Å²) >= 11 is -0.824. The van der Waals surface area contributed by atoms with E-state index in [-0.39, 0.29) is 0 Å². The fourth-order valence-corrected chi connectivity index (χ4v) is 10.5. The Labute approximate surface area is 152 Å². The van der Waals surface area contributed by atoms with Gasteiger partial charge in [-0.15, -0.1) is 0 Å². The van der Waals surface area contributed by atoms with Crippen molar-refractivity contribution in [2.24, 2.45) is 0 Å². The Kier molecular flexibility index (Phi) is 4.25. The zero-order valence-electron chi connectivity index (χ0n) is 13.0. The number of para-hydroxylation sites is 1. The summed E-state index contributed by atoms with van der Waals surface area (Å²) in [6.45, 7) is 2.11. The molecule has 0 unspecified atom stereocenters. The molecule has 1 aliphatic rings. The third kappa shape index (κ3) is 2.70. The molecule has 0 aromatic heterocycles. The predicted molar refractivity (Wildman–Crippen MR) is 100 cm³/mol. The molecule has 0 aliphatic carbocycles. The molecular weight excluding hydrogens is 430 g/mol. The third-order valence-corrected chi connectivity index (χ3v) is 11.6. The molecule has 24 heavy (non-hydrogen) atoms. The van der Waals surface area contributed by atoms with Crippen LogP contribution >= 0.6 is 11.8 Å². The van der Waals surface area contributed by atoms with Crippen molar-refractivity contribution in [2.45, 2.75) is 11.8 Å². The van der Waals surface area contributed by atoms with E-state index in [1.165, 1.54) is 28.2 Å². The Morgan fingerprint density at radius 3 is 2.46 bits per heavy atom. The van der Waals surface area contributed by atoms with Crippen LogP contribution in [0.2, 0.25) is 0 Å². The zero-order valence-corrected chi connectivity index (χ0v) is 16.2. The average molecular weight is 444 g/mol. The summed E-state index contributed by atoms with van der Waals surface area (Å²) in [6, 6.07) is 23.2. The van der Waals surface area contributed by atoms with E-state index in [9.17, 15) is 5.26 Å². The van der Waals surface area contributed by atoms with Gasteiger partial charge >= 0.3 is 153 Å². The second-order valence-corrected chi connectivity index (χ2v) is 11.8. The van der Waals surface area contributed by atoms with Gasteiger partial charge in [0.05, 0.1) is 0 Å². The van der Waals surface area contributed by atoms with E-state index in [2.05, 4.69) is 48.7 Å². The van der Waals surface area contributed by atoms with Crippen LogP contribution in [-0.4, -0.2) is 19.6 Å². The Morgan fingerprint density at radius 1 is 0.917 bits per heavy atom. The Morgan fingerprint density at radius 2 is 1.67 bits per heavy atom. The van der Waals surface area contributed by atoms with Crippen molar-refractivity contribution in [3.8, 4) is 16.9 Å². The Hall–Kier alpha value is -1.91. The van der Waals surface area contributed by atoms with Crippen LogP contribution in [0.25, 0.3) is 0 Å². The summed E-state index contributed by atoms with van der Waals surface area (Å²) in [6.07, 6.45) is 0. The van der Waals surface area contributed by atoms with Gasteiger partial charge in [-0.2, -0.15) is 0 Å². The van der Waals surface area contributed by atoms with Gasteiger partial charge in [-0.1, -0.05) is 0 Å². The second kappa shape index (κ2) is 6.54. The number of nitriles is 1. The molecule has 1 heterocycles. The van der Waals surface area contributed by atoms with E-state index in [0.29, 0.717) is 0 Å². The quantitative estimate of drug-likeness (QED) is 0.271. The molecule has 3 aromatic rings. The number of fused-ring (bicyclic) bond motifs is 2. The van der Waals surface area contributed by atoms with E-state index < -0.39 is 19.6 Å². The van der Waals surface area contributed by atoms with E-state index in [1.807, 2.05) is 30.3 Å². The standard InChI is InChI=1S/C20H14NOSTe/c1-14-9-11-15(12-10-14)24-19-8-3-2-5-16(19)22-17-6-4-7-18(20(17)24)23-13-21/h2-12H,1H3. The van der Waals surface area contributed by atoms with Gasteiger partial charge in [-0.05, 0) is 0 Å². The van der Waals surface area contributed by atoms with Gasteiger partial charge in [0.1, 0.15) is 0 Å². The molecule has 2 nitrogen and oxygen atoms in total. The predicted octanol–water partition coefficient (Wildman–Crippen LogP) is 3.19. The molecule has 0 amide bonds. The molecule has 0 bridgehead atoms. The van der Waals surface area contributed by atoms with Gasteiger partial charge in [-0.3, -0.25) is 0 Å². The molecule has 1 radical (unpaired) electrons. The summed E-state index contributed by atoms with van der Waals surface area (Å²) in [5.74, 6) is 1.87. The summed E-state index contributed by atoms with van der Waals surface area (Å²) in [5.41, 5.74) is 1.26. The van der Waals surface area contributed by atoms with Crippen LogP contribution in [0.1, 0.15) is 5.56 Å². The number of thiocyanates is 1. The molecule has 0 atom stereocenters. The van der Waals surface area contributed by atoms with Crippen LogP contribution in [0.5, 0.6) is 11.5 Å². The number of ether oxygens (including phenoxy) is 1. The van der Waals surface area contributed by atoms with Crippen LogP contribution in [0, 0.1) is 17.6 Å². The van der Waals surface area contributed by atoms with Crippen molar-refractivity contribution in [3.63, 3.8) is 0 Å². The summed E-state index contributed by atoms with van der Waals surface area (Å²) in [7, 11) is 0. The van der Waals surface area contributed by atoms with Crippen molar-refractivity contribution in [2.75, 3.05) is 0 Å². The Bertz CT molecular complexity index is 947. The molecule has 0 saturated heterocycles. The van der Waals surface area contributed by atoms with Gasteiger partial charge < -0.3 is 0 Å². The maximum atomic E-state index is 9.20. The number of thioether (sulfide) groups is 1. The molecule has 1 aliphatic heterocycles. The molecule has 117 valence electrons. The topological polar surface area (TPSA) is 33.0 Å². The van der Waals surface area contributed by atoms with Gasteiger partial charge in [0.25, 0.3) is 0 Å². The molecule has 0 saturated carbocycles. The number of hydrogen-bond acceptors (Lipinski definition) is 3. The first-order valence-corrected chi connectivity index (χ1v) is 11.9. The molecule has 4 rings (SSSR count). The van der Waals surface area contributed by atoms with Crippen LogP contribution in [0.3, 0.4) is 0 Å². The van der Waals surface area contributed by atoms with Crippen molar-refractivity contribution in [3.05, 3.63) is 72.3 Å². The number of hydrogen-bond donors (Lipinski definition) is 0. The van der Waals surface area contributed by atoms with Gasteiger partial charge in [0.2, 0.25) is 0 Å². The molecule has 3 aromatic carbocycles. The first-order valence-electron chi connectivity index (χ1n) is 7.55. The first-order chi connectivity index (χ1) is 11.8. The third-order valence-electron chi connectivity index (χ3n) is 3.85. The van der Waals surface area contributed by atoms with Gasteiger partial charge in [0.15, 0.2) is 0 Å². The van der Waals surface area contributed by atoms with Crippen LogP contribution in [-0.2, 0) is 0 Å². The molecule has 4 heteroatoms. The first kappa shape index (κ1) is 15.6. The van der Waals surface area contributed by atoms with E-state index >= 15 is 0 Å². The van der Waals surface area contributed by atoms with Crippen LogP contribution < -0.4 is 15.6 Å². The van der Waals surface area contributed by atoms with Crippen molar-refractivity contribution >= 4 is 42.1 Å². The molecule has 0 spiro atoms. The van der Waals surface area contributed by atoms with E-state index in [4.69, 9.17) is 4.74 Å². The Balaban J connectivity index is 1.98. The normalized spacial score (nSPS) is 12.7. The fraction of sp³-hybridized carbons (Fsp3) is 0.0500. The van der Waals surface area contributed by atoms with Crippen molar-refractivity contribution < 1.29 is 4.74 Å². The zero-order chi connectivity index (χ0) is 16.5. The minimum absolute atomic E-state index is 0.908. The number of nitrogens with zero attached hydrogens (tertiary/aromatic N) is 1. The maximum absolute atomic E-state index is 9.20. The van der Waals surface area contributed by atoms with E-state index in [1.54, 1.807) is 0 Å². The summed E-state index contributed by atoms with van der Waals surface area (Å²) in [5, 5.41) is 11.4. The van der Waals surface area contributed by atoms with Crippen LogP contribution in [0.15, 0.2) is 71.6 Å². The van der Waals surface area contributed by atoms with E-state index in [0.717, 1.165) is 16.4 Å². The summed E-state index contributed by atoms with van der Waals surface area (Å²) < 4.78 is 10.1. The van der Waals surface area contributed by atoms with Gasteiger partial charge in [0, 0.05) is 0 Å². The monoisotopic (exact) mass is 446 g/mol. The average Bonchev–Trinajstić information content (AvgIpc) is 2.61. The fourth-order valence-electron chi connectivity index (χ4n) is 2.76.